The topological polar surface area (TPSA) is 87.3 Å². The van der Waals surface area contributed by atoms with Gasteiger partial charge in [-0.05, 0) is 48.9 Å². The average Bonchev–Trinajstić information content (AvgIpc) is 2.64. The van der Waals surface area contributed by atoms with Crippen LogP contribution in [0.1, 0.15) is 46.9 Å². The fourth-order valence-corrected chi connectivity index (χ4v) is 2.69. The number of rotatable bonds is 6. The number of hydrogen-bond donors (Lipinski definition) is 3. The number of carbonyl (C=O) groups excluding carboxylic acids is 3. The van der Waals surface area contributed by atoms with Crippen LogP contribution in [0, 0.1) is 0 Å². The van der Waals surface area contributed by atoms with Gasteiger partial charge in [-0.1, -0.05) is 36.5 Å². The molecule has 3 N–H and O–H groups in total. The Morgan fingerprint density at radius 1 is 0.926 bits per heavy atom. The van der Waals surface area contributed by atoms with Crippen LogP contribution in [0.25, 0.3) is 0 Å². The number of amides is 3. The zero-order chi connectivity index (χ0) is 19.8. The Balaban J connectivity index is 1.90. The van der Waals surface area contributed by atoms with Crippen molar-refractivity contribution in [2.75, 3.05) is 5.32 Å². The van der Waals surface area contributed by atoms with Crippen molar-refractivity contribution < 1.29 is 14.4 Å². The number of halogens is 2. The summed E-state index contributed by atoms with van der Waals surface area (Å²) in [7, 11) is 0. The summed E-state index contributed by atoms with van der Waals surface area (Å²) >= 11 is 11.7. The second-order valence-corrected chi connectivity index (χ2v) is 6.61. The van der Waals surface area contributed by atoms with Gasteiger partial charge in [0, 0.05) is 22.7 Å². The fourth-order valence-electron chi connectivity index (χ4n) is 2.19. The molecule has 0 aromatic heterocycles. The standard InChI is InChI=1S/C19H19Cl2N3O3/c1-2-3-4-17(25)22-14-8-5-12(6-9-14)18(26)23-24-19(27)15-10-7-13(20)11-16(15)21/h5-11H,2-4H2,1H3,(H,22,25)(H,23,26)(H,24,27). The van der Waals surface area contributed by atoms with Crippen molar-refractivity contribution in [1.29, 1.82) is 0 Å². The lowest BCUT2D eigenvalue weighted by Crippen LogP contribution is -2.41. The van der Waals surface area contributed by atoms with E-state index in [2.05, 4.69) is 16.2 Å². The summed E-state index contributed by atoms with van der Waals surface area (Å²) in [5, 5.41) is 3.34. The Hall–Kier alpha value is -2.57. The molecule has 0 aliphatic rings. The van der Waals surface area contributed by atoms with E-state index in [1.54, 1.807) is 24.3 Å². The lowest BCUT2D eigenvalue weighted by Gasteiger charge is -2.09. The molecule has 0 fully saturated rings. The van der Waals surface area contributed by atoms with Crippen LogP contribution in [0.5, 0.6) is 0 Å². The molecule has 0 spiro atoms. The number of nitrogens with one attached hydrogen (secondary N) is 3. The third kappa shape index (κ3) is 6.27. The van der Waals surface area contributed by atoms with Gasteiger partial charge in [-0.2, -0.15) is 0 Å². The van der Waals surface area contributed by atoms with E-state index in [-0.39, 0.29) is 16.5 Å². The second kappa shape index (κ2) is 9.94. The molecule has 2 aromatic carbocycles. The van der Waals surface area contributed by atoms with Gasteiger partial charge in [0.05, 0.1) is 10.6 Å². The van der Waals surface area contributed by atoms with Crippen LogP contribution in [0.3, 0.4) is 0 Å². The molecule has 2 aromatic rings. The van der Waals surface area contributed by atoms with Crippen LogP contribution in [0.2, 0.25) is 10.0 Å². The van der Waals surface area contributed by atoms with Gasteiger partial charge in [-0.25, -0.2) is 0 Å². The van der Waals surface area contributed by atoms with Crippen molar-refractivity contribution in [1.82, 2.24) is 10.9 Å². The average molecular weight is 408 g/mol. The summed E-state index contributed by atoms with van der Waals surface area (Å²) in [6.07, 6.45) is 2.22. The molecule has 2 rings (SSSR count). The van der Waals surface area contributed by atoms with Gasteiger partial charge in [0.1, 0.15) is 0 Å². The lowest BCUT2D eigenvalue weighted by molar-refractivity contribution is -0.116. The van der Waals surface area contributed by atoms with Crippen LogP contribution in [0.4, 0.5) is 5.69 Å². The number of hydrogen-bond acceptors (Lipinski definition) is 3. The Morgan fingerprint density at radius 2 is 1.59 bits per heavy atom. The summed E-state index contributed by atoms with van der Waals surface area (Å²) in [5.41, 5.74) is 5.71. The number of unbranched alkanes of at least 4 members (excludes halogenated alkanes) is 1. The molecule has 0 heterocycles. The summed E-state index contributed by atoms with van der Waals surface area (Å²) in [6, 6.07) is 10.8. The normalized spacial score (nSPS) is 10.2. The van der Waals surface area contributed by atoms with Gasteiger partial charge in [0.25, 0.3) is 11.8 Å². The zero-order valence-electron chi connectivity index (χ0n) is 14.6. The Bertz CT molecular complexity index is 839. The van der Waals surface area contributed by atoms with E-state index in [0.29, 0.717) is 22.7 Å². The van der Waals surface area contributed by atoms with Gasteiger partial charge in [0.15, 0.2) is 0 Å². The molecule has 0 radical (unpaired) electrons. The zero-order valence-corrected chi connectivity index (χ0v) is 16.2. The van der Waals surface area contributed by atoms with E-state index in [1.165, 1.54) is 18.2 Å². The molecule has 0 atom stereocenters. The fraction of sp³-hybridized carbons (Fsp3) is 0.211. The van der Waals surface area contributed by atoms with Crippen LogP contribution >= 0.6 is 23.2 Å². The number of carbonyl (C=O) groups is 3. The van der Waals surface area contributed by atoms with E-state index in [0.717, 1.165) is 12.8 Å². The van der Waals surface area contributed by atoms with Crippen molar-refractivity contribution in [3.05, 3.63) is 63.6 Å². The first kappa shape index (κ1) is 20.7. The SMILES string of the molecule is CCCCC(=O)Nc1ccc(C(=O)NNC(=O)c2ccc(Cl)cc2Cl)cc1. The number of anilines is 1. The van der Waals surface area contributed by atoms with Crippen LogP contribution in [-0.2, 0) is 4.79 Å². The Kier molecular flexibility index (Phi) is 7.64. The predicted octanol–water partition coefficient (Wildman–Crippen LogP) is 4.20. The maximum absolute atomic E-state index is 12.1. The lowest BCUT2D eigenvalue weighted by atomic mass is 10.2. The van der Waals surface area contributed by atoms with Gasteiger partial charge < -0.3 is 5.32 Å². The van der Waals surface area contributed by atoms with Gasteiger partial charge in [0.2, 0.25) is 5.91 Å². The maximum Gasteiger partial charge on any atom is 0.271 e. The van der Waals surface area contributed by atoms with Crippen molar-refractivity contribution in [3.8, 4) is 0 Å². The van der Waals surface area contributed by atoms with Crippen LogP contribution < -0.4 is 16.2 Å². The monoisotopic (exact) mass is 407 g/mol. The molecular formula is C19H19Cl2N3O3. The molecule has 0 bridgehead atoms. The third-order valence-corrected chi connectivity index (χ3v) is 4.20. The minimum absolute atomic E-state index is 0.0684. The summed E-state index contributed by atoms with van der Waals surface area (Å²) < 4.78 is 0. The number of benzene rings is 2. The first-order valence-electron chi connectivity index (χ1n) is 8.36. The van der Waals surface area contributed by atoms with Gasteiger partial charge >= 0.3 is 0 Å². The molecule has 0 unspecified atom stereocenters. The van der Waals surface area contributed by atoms with Crippen LogP contribution in [-0.4, -0.2) is 17.7 Å². The molecule has 142 valence electrons. The van der Waals surface area contributed by atoms with E-state index >= 15 is 0 Å². The molecule has 6 nitrogen and oxygen atoms in total. The van der Waals surface area contributed by atoms with Crippen molar-refractivity contribution in [3.63, 3.8) is 0 Å². The molecule has 0 aliphatic carbocycles. The van der Waals surface area contributed by atoms with Crippen molar-refractivity contribution >= 4 is 46.6 Å². The Morgan fingerprint density at radius 3 is 2.22 bits per heavy atom. The highest BCUT2D eigenvalue weighted by molar-refractivity contribution is 6.36. The highest BCUT2D eigenvalue weighted by Gasteiger charge is 2.12. The highest BCUT2D eigenvalue weighted by Crippen LogP contribution is 2.20. The number of hydrazine groups is 1. The largest absolute Gasteiger partial charge is 0.326 e. The quantitative estimate of drug-likeness (QED) is 0.627. The van der Waals surface area contributed by atoms with E-state index in [9.17, 15) is 14.4 Å². The summed E-state index contributed by atoms with van der Waals surface area (Å²) in [6.45, 7) is 2.01. The summed E-state index contributed by atoms with van der Waals surface area (Å²) in [4.78, 5) is 35.9. The van der Waals surface area contributed by atoms with E-state index in [4.69, 9.17) is 23.2 Å². The first-order valence-corrected chi connectivity index (χ1v) is 9.12. The molecule has 0 saturated carbocycles. The summed E-state index contributed by atoms with van der Waals surface area (Å²) in [5.74, 6) is -1.14. The molecular weight excluding hydrogens is 389 g/mol. The molecule has 3 amide bonds. The Labute approximate surface area is 167 Å². The first-order chi connectivity index (χ1) is 12.9. The van der Waals surface area contributed by atoms with Crippen molar-refractivity contribution in [2.24, 2.45) is 0 Å². The minimum atomic E-state index is -0.565. The second-order valence-electron chi connectivity index (χ2n) is 5.76. The third-order valence-electron chi connectivity index (χ3n) is 3.65. The highest BCUT2D eigenvalue weighted by atomic mass is 35.5. The van der Waals surface area contributed by atoms with E-state index in [1.807, 2.05) is 6.92 Å². The van der Waals surface area contributed by atoms with Gasteiger partial charge in [-0.3, -0.25) is 25.2 Å². The van der Waals surface area contributed by atoms with Gasteiger partial charge in [-0.15, -0.1) is 0 Å². The maximum atomic E-state index is 12.1. The molecule has 0 saturated heterocycles. The molecule has 0 aliphatic heterocycles. The molecule has 27 heavy (non-hydrogen) atoms. The van der Waals surface area contributed by atoms with E-state index < -0.39 is 11.8 Å². The van der Waals surface area contributed by atoms with Crippen molar-refractivity contribution in [2.45, 2.75) is 26.2 Å². The molecule has 8 heteroatoms. The minimum Gasteiger partial charge on any atom is -0.326 e. The predicted molar refractivity (Wildman–Crippen MR) is 106 cm³/mol. The van der Waals surface area contributed by atoms with Crippen LogP contribution in [0.15, 0.2) is 42.5 Å². The smallest absolute Gasteiger partial charge is 0.271 e.